The topological polar surface area (TPSA) is 39.2 Å². The summed E-state index contributed by atoms with van der Waals surface area (Å²) in [7, 11) is 0. The SMILES string of the molecule is CC(C)(N)CSCc1ccc(Br)o1. The monoisotopic (exact) mass is 263 g/mol. The van der Waals surface area contributed by atoms with Crippen LogP contribution in [-0.4, -0.2) is 11.3 Å². The van der Waals surface area contributed by atoms with Gasteiger partial charge in [0.1, 0.15) is 5.76 Å². The fraction of sp³-hybridized carbons (Fsp3) is 0.556. The van der Waals surface area contributed by atoms with Crippen molar-refractivity contribution in [2.24, 2.45) is 5.73 Å². The minimum atomic E-state index is -0.103. The molecule has 0 radical (unpaired) electrons. The Morgan fingerprint density at radius 2 is 2.23 bits per heavy atom. The maximum Gasteiger partial charge on any atom is 0.169 e. The number of nitrogens with two attached hydrogens (primary N) is 1. The number of hydrogen-bond donors (Lipinski definition) is 1. The third-order valence-corrected chi connectivity index (χ3v) is 3.21. The van der Waals surface area contributed by atoms with Crippen molar-refractivity contribution >= 4 is 27.7 Å². The number of thioether (sulfide) groups is 1. The van der Waals surface area contributed by atoms with Crippen LogP contribution in [0.25, 0.3) is 0 Å². The average Bonchev–Trinajstić information content (AvgIpc) is 2.33. The minimum absolute atomic E-state index is 0.103. The van der Waals surface area contributed by atoms with Gasteiger partial charge in [-0.15, -0.1) is 0 Å². The van der Waals surface area contributed by atoms with E-state index in [-0.39, 0.29) is 5.54 Å². The number of rotatable bonds is 4. The third kappa shape index (κ3) is 4.74. The first-order chi connectivity index (χ1) is 5.97. The Balaban J connectivity index is 2.28. The normalized spacial score (nSPS) is 12.0. The van der Waals surface area contributed by atoms with Gasteiger partial charge in [0, 0.05) is 11.3 Å². The molecular formula is C9H14BrNOS. The summed E-state index contributed by atoms with van der Waals surface area (Å²) in [6.07, 6.45) is 0. The van der Waals surface area contributed by atoms with Gasteiger partial charge in [-0.2, -0.15) is 11.8 Å². The van der Waals surface area contributed by atoms with Crippen LogP contribution in [0.4, 0.5) is 0 Å². The van der Waals surface area contributed by atoms with Gasteiger partial charge in [-0.3, -0.25) is 0 Å². The first-order valence-corrected chi connectivity index (χ1v) is 6.03. The highest BCUT2D eigenvalue weighted by molar-refractivity contribution is 9.10. The van der Waals surface area contributed by atoms with Gasteiger partial charge in [0.25, 0.3) is 0 Å². The Morgan fingerprint density at radius 3 is 2.69 bits per heavy atom. The molecule has 0 aromatic carbocycles. The van der Waals surface area contributed by atoms with E-state index in [4.69, 9.17) is 10.2 Å². The highest BCUT2D eigenvalue weighted by Crippen LogP contribution is 2.20. The maximum absolute atomic E-state index is 5.84. The molecule has 0 spiro atoms. The molecule has 13 heavy (non-hydrogen) atoms. The van der Waals surface area contributed by atoms with Crippen molar-refractivity contribution in [3.63, 3.8) is 0 Å². The zero-order valence-corrected chi connectivity index (χ0v) is 10.2. The lowest BCUT2D eigenvalue weighted by Crippen LogP contribution is -2.34. The van der Waals surface area contributed by atoms with E-state index in [9.17, 15) is 0 Å². The van der Waals surface area contributed by atoms with Gasteiger partial charge in [0.05, 0.1) is 5.75 Å². The third-order valence-electron chi connectivity index (χ3n) is 1.35. The quantitative estimate of drug-likeness (QED) is 0.908. The average molecular weight is 264 g/mol. The summed E-state index contributed by atoms with van der Waals surface area (Å²) < 4.78 is 6.14. The lowest BCUT2D eigenvalue weighted by molar-refractivity contribution is 0.506. The van der Waals surface area contributed by atoms with E-state index < -0.39 is 0 Å². The Labute approximate surface area is 91.4 Å². The molecule has 1 heterocycles. The van der Waals surface area contributed by atoms with E-state index in [1.54, 1.807) is 11.8 Å². The Bertz CT molecular complexity index is 267. The predicted octanol–water partition coefficient (Wildman–Crippen LogP) is 3.01. The predicted molar refractivity (Wildman–Crippen MR) is 60.8 cm³/mol. The Kier molecular flexibility index (Phi) is 3.88. The van der Waals surface area contributed by atoms with Crippen molar-refractivity contribution in [2.75, 3.05) is 5.75 Å². The largest absolute Gasteiger partial charge is 0.453 e. The highest BCUT2D eigenvalue weighted by atomic mass is 79.9. The summed E-state index contributed by atoms with van der Waals surface area (Å²) in [5.41, 5.74) is 5.74. The maximum atomic E-state index is 5.84. The molecule has 0 fully saturated rings. The van der Waals surface area contributed by atoms with E-state index in [1.165, 1.54) is 0 Å². The lowest BCUT2D eigenvalue weighted by atomic mass is 10.1. The highest BCUT2D eigenvalue weighted by Gasteiger charge is 2.10. The summed E-state index contributed by atoms with van der Waals surface area (Å²) in [5.74, 6) is 2.80. The molecule has 0 saturated carbocycles. The summed E-state index contributed by atoms with van der Waals surface area (Å²) >= 11 is 5.05. The summed E-state index contributed by atoms with van der Waals surface area (Å²) in [6, 6.07) is 3.88. The van der Waals surface area contributed by atoms with Crippen molar-refractivity contribution in [2.45, 2.75) is 25.1 Å². The van der Waals surface area contributed by atoms with Crippen molar-refractivity contribution in [1.29, 1.82) is 0 Å². The minimum Gasteiger partial charge on any atom is -0.453 e. The molecule has 2 N–H and O–H groups in total. The fourth-order valence-corrected chi connectivity index (χ4v) is 2.17. The van der Waals surface area contributed by atoms with Crippen LogP contribution < -0.4 is 5.73 Å². The van der Waals surface area contributed by atoms with Crippen LogP contribution in [0.3, 0.4) is 0 Å². The second kappa shape index (κ2) is 4.53. The molecule has 0 aliphatic carbocycles. The van der Waals surface area contributed by atoms with Gasteiger partial charge in [-0.05, 0) is 41.9 Å². The van der Waals surface area contributed by atoms with Gasteiger partial charge < -0.3 is 10.2 Å². The molecule has 0 saturated heterocycles. The van der Waals surface area contributed by atoms with Gasteiger partial charge >= 0.3 is 0 Å². The summed E-state index contributed by atoms with van der Waals surface area (Å²) in [4.78, 5) is 0. The van der Waals surface area contributed by atoms with Crippen molar-refractivity contribution in [3.8, 4) is 0 Å². The molecule has 0 aliphatic rings. The standard InChI is InChI=1S/C9H14BrNOS/c1-9(2,11)6-13-5-7-3-4-8(10)12-7/h3-4H,5-6,11H2,1-2H3. The van der Waals surface area contributed by atoms with Crippen LogP contribution in [0.2, 0.25) is 0 Å². The first kappa shape index (κ1) is 11.1. The van der Waals surface area contributed by atoms with Crippen molar-refractivity contribution < 1.29 is 4.42 Å². The van der Waals surface area contributed by atoms with Crippen LogP contribution >= 0.6 is 27.7 Å². The zero-order chi connectivity index (χ0) is 9.90. The van der Waals surface area contributed by atoms with Gasteiger partial charge in [-0.25, -0.2) is 0 Å². The Hall–Kier alpha value is 0.0700. The van der Waals surface area contributed by atoms with Crippen molar-refractivity contribution in [3.05, 3.63) is 22.6 Å². The van der Waals surface area contributed by atoms with Gasteiger partial charge in [-0.1, -0.05) is 0 Å². The molecule has 0 aliphatic heterocycles. The molecule has 2 nitrogen and oxygen atoms in total. The smallest absolute Gasteiger partial charge is 0.169 e. The second-order valence-electron chi connectivity index (χ2n) is 3.69. The Morgan fingerprint density at radius 1 is 1.54 bits per heavy atom. The van der Waals surface area contributed by atoms with Crippen LogP contribution in [0.15, 0.2) is 21.2 Å². The van der Waals surface area contributed by atoms with Gasteiger partial charge in [0.15, 0.2) is 4.67 Å². The molecule has 1 aromatic rings. The molecule has 0 atom stereocenters. The molecule has 74 valence electrons. The van der Waals surface area contributed by atoms with Crippen LogP contribution in [0, 0.1) is 0 Å². The second-order valence-corrected chi connectivity index (χ2v) is 5.45. The van der Waals surface area contributed by atoms with Crippen molar-refractivity contribution in [1.82, 2.24) is 0 Å². The van der Waals surface area contributed by atoms with E-state index in [0.717, 1.165) is 21.9 Å². The van der Waals surface area contributed by atoms with E-state index in [0.29, 0.717) is 0 Å². The molecule has 0 bridgehead atoms. The summed E-state index contributed by atoms with van der Waals surface area (Å²) in [6.45, 7) is 4.05. The lowest BCUT2D eigenvalue weighted by Gasteiger charge is -2.16. The van der Waals surface area contributed by atoms with Crippen LogP contribution in [0.1, 0.15) is 19.6 Å². The van der Waals surface area contributed by atoms with E-state index >= 15 is 0 Å². The molecule has 0 unspecified atom stereocenters. The molecule has 1 aromatic heterocycles. The number of furan rings is 1. The number of halogens is 1. The zero-order valence-electron chi connectivity index (χ0n) is 7.84. The first-order valence-electron chi connectivity index (χ1n) is 4.08. The summed E-state index contributed by atoms with van der Waals surface area (Å²) in [5, 5.41) is 0. The van der Waals surface area contributed by atoms with E-state index in [2.05, 4.69) is 15.9 Å². The van der Waals surface area contributed by atoms with Gasteiger partial charge in [0.2, 0.25) is 0 Å². The van der Waals surface area contributed by atoms with Crippen LogP contribution in [-0.2, 0) is 5.75 Å². The van der Waals surface area contributed by atoms with E-state index in [1.807, 2.05) is 26.0 Å². The molecule has 0 amide bonds. The fourth-order valence-electron chi connectivity index (χ4n) is 0.844. The van der Waals surface area contributed by atoms with Crippen LogP contribution in [0.5, 0.6) is 0 Å². The molecule has 1 rings (SSSR count). The number of hydrogen-bond acceptors (Lipinski definition) is 3. The molecule has 4 heteroatoms. The molecular weight excluding hydrogens is 250 g/mol.